The van der Waals surface area contributed by atoms with E-state index in [-0.39, 0.29) is 29.6 Å². The summed E-state index contributed by atoms with van der Waals surface area (Å²) in [5, 5.41) is 6.16. The van der Waals surface area contributed by atoms with Crippen LogP contribution in [0.2, 0.25) is 5.02 Å². The van der Waals surface area contributed by atoms with Gasteiger partial charge >= 0.3 is 0 Å². The van der Waals surface area contributed by atoms with Crippen LogP contribution in [0.15, 0.2) is 18.2 Å². The summed E-state index contributed by atoms with van der Waals surface area (Å²) in [6.45, 7) is 10.3. The monoisotopic (exact) mass is 403 g/mol. The maximum atomic E-state index is 12.7. The van der Waals surface area contributed by atoms with Crippen molar-refractivity contribution in [2.45, 2.75) is 59.4 Å². The molecule has 0 radical (unpaired) electrons. The standard InChI is InChI=1S/C19H30ClN3O2.ClH/c1-6-19(7-2,12-21)23-17(25)14-10-13(8-9-15(14)20)22-16(24)11-18(3,4)5;/h8-10H,6-7,11-12,21H2,1-5H3,(H,22,24)(H,23,25);1H. The van der Waals surface area contributed by atoms with Gasteiger partial charge in [0.2, 0.25) is 5.91 Å². The lowest BCUT2D eigenvalue weighted by Crippen LogP contribution is -2.52. The van der Waals surface area contributed by atoms with Crippen LogP contribution in [0.3, 0.4) is 0 Å². The summed E-state index contributed by atoms with van der Waals surface area (Å²) in [4.78, 5) is 24.8. The van der Waals surface area contributed by atoms with E-state index in [0.29, 0.717) is 29.2 Å². The molecule has 0 bridgehead atoms. The molecule has 0 aliphatic heterocycles. The van der Waals surface area contributed by atoms with Gasteiger partial charge in [-0.15, -0.1) is 12.4 Å². The smallest absolute Gasteiger partial charge is 0.253 e. The van der Waals surface area contributed by atoms with E-state index in [1.807, 2.05) is 34.6 Å². The molecule has 0 aromatic heterocycles. The first-order valence-electron chi connectivity index (χ1n) is 8.68. The van der Waals surface area contributed by atoms with E-state index in [1.54, 1.807) is 18.2 Å². The number of carbonyl (C=O) groups excluding carboxylic acids is 2. The number of nitrogens with two attached hydrogens (primary N) is 1. The van der Waals surface area contributed by atoms with Crippen molar-refractivity contribution >= 4 is 41.5 Å². The lowest BCUT2D eigenvalue weighted by atomic mass is 9.92. The van der Waals surface area contributed by atoms with E-state index in [9.17, 15) is 9.59 Å². The maximum Gasteiger partial charge on any atom is 0.253 e. The molecule has 0 fully saturated rings. The Balaban J connectivity index is 0.00000625. The second kappa shape index (κ2) is 10.1. The second-order valence-electron chi connectivity index (χ2n) is 7.63. The third-order valence-electron chi connectivity index (χ3n) is 4.31. The number of rotatable bonds is 7. The quantitative estimate of drug-likeness (QED) is 0.630. The minimum atomic E-state index is -0.452. The molecule has 0 spiro atoms. The number of halogens is 2. The molecule has 0 saturated heterocycles. The molecule has 2 amide bonds. The van der Waals surface area contributed by atoms with Gasteiger partial charge in [-0.05, 0) is 36.5 Å². The van der Waals surface area contributed by atoms with Crippen LogP contribution < -0.4 is 16.4 Å². The number of carbonyl (C=O) groups is 2. The number of nitrogens with one attached hydrogen (secondary N) is 2. The fourth-order valence-corrected chi connectivity index (χ4v) is 2.74. The van der Waals surface area contributed by atoms with Crippen LogP contribution in [0.5, 0.6) is 0 Å². The molecule has 0 saturated carbocycles. The maximum absolute atomic E-state index is 12.7. The zero-order chi connectivity index (χ0) is 19.3. The first kappa shape index (κ1) is 24.7. The Bertz CT molecular complexity index is 615. The van der Waals surface area contributed by atoms with Gasteiger partial charge in [0, 0.05) is 18.7 Å². The Kier molecular flexibility index (Phi) is 9.64. The Morgan fingerprint density at radius 2 is 1.73 bits per heavy atom. The van der Waals surface area contributed by atoms with Crippen LogP contribution in [0.4, 0.5) is 5.69 Å². The average molecular weight is 404 g/mol. The molecule has 1 aromatic rings. The van der Waals surface area contributed by atoms with Gasteiger partial charge in [0.15, 0.2) is 0 Å². The van der Waals surface area contributed by atoms with Gasteiger partial charge in [-0.25, -0.2) is 0 Å². The lowest BCUT2D eigenvalue weighted by Gasteiger charge is -2.31. The molecule has 148 valence electrons. The number of benzene rings is 1. The van der Waals surface area contributed by atoms with E-state index in [4.69, 9.17) is 17.3 Å². The van der Waals surface area contributed by atoms with E-state index >= 15 is 0 Å². The zero-order valence-corrected chi connectivity index (χ0v) is 17.8. The van der Waals surface area contributed by atoms with Crippen molar-refractivity contribution in [3.05, 3.63) is 28.8 Å². The SMILES string of the molecule is CCC(CC)(CN)NC(=O)c1cc(NC(=O)CC(C)(C)C)ccc1Cl.Cl. The minimum Gasteiger partial charge on any atom is -0.345 e. The number of anilines is 1. The van der Waals surface area contributed by atoms with Gasteiger partial charge in [-0.3, -0.25) is 9.59 Å². The van der Waals surface area contributed by atoms with Crippen LogP contribution in [0, 0.1) is 5.41 Å². The minimum absolute atomic E-state index is 0. The molecule has 0 unspecified atom stereocenters. The van der Waals surface area contributed by atoms with Gasteiger partial charge in [0.25, 0.3) is 5.91 Å². The highest BCUT2D eigenvalue weighted by Gasteiger charge is 2.27. The molecule has 0 aliphatic rings. The molecular weight excluding hydrogens is 373 g/mol. The van der Waals surface area contributed by atoms with Crippen molar-refractivity contribution in [3.8, 4) is 0 Å². The third kappa shape index (κ3) is 7.14. The van der Waals surface area contributed by atoms with Crippen LogP contribution in [0.25, 0.3) is 0 Å². The molecule has 4 N–H and O–H groups in total. The van der Waals surface area contributed by atoms with E-state index < -0.39 is 5.54 Å². The molecule has 1 aromatic carbocycles. The molecule has 0 heterocycles. The summed E-state index contributed by atoms with van der Waals surface area (Å²) in [5.41, 5.74) is 6.16. The molecule has 0 atom stereocenters. The van der Waals surface area contributed by atoms with E-state index in [1.165, 1.54) is 0 Å². The number of hydrogen-bond acceptors (Lipinski definition) is 3. The van der Waals surface area contributed by atoms with Crippen molar-refractivity contribution < 1.29 is 9.59 Å². The van der Waals surface area contributed by atoms with Gasteiger partial charge in [-0.1, -0.05) is 46.2 Å². The Morgan fingerprint density at radius 1 is 1.15 bits per heavy atom. The first-order chi connectivity index (χ1) is 11.6. The zero-order valence-electron chi connectivity index (χ0n) is 16.2. The van der Waals surface area contributed by atoms with Crippen LogP contribution >= 0.6 is 24.0 Å². The predicted octanol–water partition coefficient (Wildman–Crippen LogP) is 4.38. The van der Waals surface area contributed by atoms with Crippen molar-refractivity contribution in [2.75, 3.05) is 11.9 Å². The average Bonchev–Trinajstić information content (AvgIpc) is 2.52. The highest BCUT2D eigenvalue weighted by molar-refractivity contribution is 6.34. The Morgan fingerprint density at radius 3 is 2.19 bits per heavy atom. The largest absolute Gasteiger partial charge is 0.345 e. The summed E-state index contributed by atoms with van der Waals surface area (Å²) >= 11 is 6.19. The van der Waals surface area contributed by atoms with Crippen LogP contribution in [-0.2, 0) is 4.79 Å². The van der Waals surface area contributed by atoms with Crippen LogP contribution in [0.1, 0.15) is 64.2 Å². The summed E-state index contributed by atoms with van der Waals surface area (Å²) in [6.07, 6.45) is 1.84. The van der Waals surface area contributed by atoms with Gasteiger partial charge in [0.05, 0.1) is 16.1 Å². The molecule has 7 heteroatoms. The van der Waals surface area contributed by atoms with Crippen molar-refractivity contribution in [1.82, 2.24) is 5.32 Å². The summed E-state index contributed by atoms with van der Waals surface area (Å²) in [5.74, 6) is -0.384. The van der Waals surface area contributed by atoms with Crippen LogP contribution in [-0.4, -0.2) is 23.9 Å². The van der Waals surface area contributed by atoms with E-state index in [0.717, 1.165) is 12.8 Å². The first-order valence-corrected chi connectivity index (χ1v) is 9.05. The lowest BCUT2D eigenvalue weighted by molar-refractivity contribution is -0.117. The Hall–Kier alpha value is -1.30. The van der Waals surface area contributed by atoms with Crippen molar-refractivity contribution in [2.24, 2.45) is 11.1 Å². The molecule has 0 aliphatic carbocycles. The Labute approximate surface area is 167 Å². The predicted molar refractivity (Wildman–Crippen MR) is 111 cm³/mol. The topological polar surface area (TPSA) is 84.2 Å². The highest BCUT2D eigenvalue weighted by Crippen LogP contribution is 2.24. The van der Waals surface area contributed by atoms with Crippen molar-refractivity contribution in [3.63, 3.8) is 0 Å². The number of hydrogen-bond donors (Lipinski definition) is 3. The number of amides is 2. The molecule has 26 heavy (non-hydrogen) atoms. The normalized spacial score (nSPS) is 11.5. The molecular formula is C19H31Cl2N3O2. The van der Waals surface area contributed by atoms with E-state index in [2.05, 4.69) is 10.6 Å². The fraction of sp³-hybridized carbons (Fsp3) is 0.579. The molecule has 5 nitrogen and oxygen atoms in total. The summed E-state index contributed by atoms with van der Waals surface area (Å²) in [6, 6.07) is 4.91. The molecule has 1 rings (SSSR count). The second-order valence-corrected chi connectivity index (χ2v) is 8.03. The highest BCUT2D eigenvalue weighted by atomic mass is 35.5. The summed E-state index contributed by atoms with van der Waals surface area (Å²) in [7, 11) is 0. The van der Waals surface area contributed by atoms with Gasteiger partial charge in [0.1, 0.15) is 0 Å². The van der Waals surface area contributed by atoms with Crippen molar-refractivity contribution in [1.29, 1.82) is 0 Å². The van der Waals surface area contributed by atoms with Gasteiger partial charge < -0.3 is 16.4 Å². The third-order valence-corrected chi connectivity index (χ3v) is 4.64. The summed E-state index contributed by atoms with van der Waals surface area (Å²) < 4.78 is 0. The fourth-order valence-electron chi connectivity index (χ4n) is 2.54. The van der Waals surface area contributed by atoms with Gasteiger partial charge in [-0.2, -0.15) is 0 Å².